The summed E-state index contributed by atoms with van der Waals surface area (Å²) in [5, 5.41) is 6.46. The Labute approximate surface area is 172 Å². The fourth-order valence-corrected chi connectivity index (χ4v) is 3.71. The maximum absolute atomic E-state index is 5.87. The first-order valence-electron chi connectivity index (χ1n) is 9.26. The van der Waals surface area contributed by atoms with E-state index in [2.05, 4.69) is 5.32 Å². The molecule has 29 heavy (non-hydrogen) atoms. The van der Waals surface area contributed by atoms with Gasteiger partial charge >= 0.3 is 0 Å². The minimum Gasteiger partial charge on any atom is -0.457 e. The third kappa shape index (κ3) is 3.81. The van der Waals surface area contributed by atoms with Crippen LogP contribution in [0, 0.1) is 0 Å². The van der Waals surface area contributed by atoms with Crippen molar-refractivity contribution < 1.29 is 4.74 Å². The van der Waals surface area contributed by atoms with Crippen LogP contribution in [-0.4, -0.2) is 9.97 Å². The maximum Gasteiger partial charge on any atom is 0.172 e. The Morgan fingerprint density at radius 2 is 1.45 bits per heavy atom. The van der Waals surface area contributed by atoms with Crippen LogP contribution in [0.2, 0.25) is 0 Å². The van der Waals surface area contributed by atoms with Gasteiger partial charge in [0.25, 0.3) is 0 Å². The molecule has 0 saturated heterocycles. The number of para-hydroxylation sites is 2. The van der Waals surface area contributed by atoms with Crippen molar-refractivity contribution in [2.75, 3.05) is 5.32 Å². The van der Waals surface area contributed by atoms with Gasteiger partial charge in [-0.2, -0.15) is 0 Å². The van der Waals surface area contributed by atoms with Gasteiger partial charge in [0.2, 0.25) is 0 Å². The summed E-state index contributed by atoms with van der Waals surface area (Å²) >= 11 is 1.63. The molecule has 0 saturated carbocycles. The van der Waals surface area contributed by atoms with E-state index in [9.17, 15) is 0 Å². The molecule has 4 nitrogen and oxygen atoms in total. The van der Waals surface area contributed by atoms with E-state index in [1.54, 1.807) is 11.3 Å². The Bertz CT molecular complexity index is 1240. The Balaban J connectivity index is 1.45. The zero-order valence-electron chi connectivity index (χ0n) is 15.4. The van der Waals surface area contributed by atoms with E-state index < -0.39 is 0 Å². The molecule has 0 bridgehead atoms. The molecule has 2 heterocycles. The van der Waals surface area contributed by atoms with Crippen LogP contribution in [0.1, 0.15) is 0 Å². The quantitative estimate of drug-likeness (QED) is 0.352. The summed E-state index contributed by atoms with van der Waals surface area (Å²) in [5.74, 6) is 3.12. The number of hydrogen-bond donors (Lipinski definition) is 1. The largest absolute Gasteiger partial charge is 0.457 e. The predicted octanol–water partition coefficient (Wildman–Crippen LogP) is 6.89. The smallest absolute Gasteiger partial charge is 0.172 e. The predicted molar refractivity (Wildman–Crippen MR) is 119 cm³/mol. The Morgan fingerprint density at radius 3 is 2.24 bits per heavy atom. The summed E-state index contributed by atoms with van der Waals surface area (Å²) in [4.78, 5) is 10.6. The lowest BCUT2D eigenvalue weighted by atomic mass is 10.2. The molecule has 140 valence electrons. The van der Waals surface area contributed by atoms with Crippen LogP contribution in [0.25, 0.3) is 21.6 Å². The molecule has 5 aromatic rings. The Morgan fingerprint density at radius 1 is 0.690 bits per heavy atom. The number of hydrogen-bond acceptors (Lipinski definition) is 5. The molecule has 0 amide bonds. The molecule has 0 spiro atoms. The van der Waals surface area contributed by atoms with E-state index in [-0.39, 0.29) is 0 Å². The van der Waals surface area contributed by atoms with Crippen molar-refractivity contribution in [3.8, 4) is 22.2 Å². The zero-order chi connectivity index (χ0) is 19.5. The van der Waals surface area contributed by atoms with Gasteiger partial charge in [0.1, 0.15) is 17.3 Å². The van der Waals surface area contributed by atoms with Crippen LogP contribution < -0.4 is 10.1 Å². The molecule has 0 radical (unpaired) electrons. The number of thiophene rings is 1. The number of nitrogens with one attached hydrogen (secondary N) is 1. The van der Waals surface area contributed by atoms with Crippen molar-refractivity contribution >= 4 is 33.7 Å². The molecule has 0 unspecified atom stereocenters. The van der Waals surface area contributed by atoms with E-state index in [0.717, 1.165) is 44.6 Å². The van der Waals surface area contributed by atoms with E-state index >= 15 is 0 Å². The van der Waals surface area contributed by atoms with Crippen molar-refractivity contribution in [2.24, 2.45) is 0 Å². The normalized spacial score (nSPS) is 10.8. The van der Waals surface area contributed by atoms with Gasteiger partial charge in [0, 0.05) is 11.1 Å². The monoisotopic (exact) mass is 395 g/mol. The average Bonchev–Trinajstić information content (AvgIpc) is 3.31. The van der Waals surface area contributed by atoms with Crippen molar-refractivity contribution in [1.29, 1.82) is 0 Å². The molecule has 0 atom stereocenters. The highest BCUT2D eigenvalue weighted by atomic mass is 32.1. The maximum atomic E-state index is 5.87. The number of fused-ring (bicyclic) bond motifs is 1. The molecule has 0 aliphatic heterocycles. The topological polar surface area (TPSA) is 47.0 Å². The molecular weight excluding hydrogens is 378 g/mol. The van der Waals surface area contributed by atoms with Gasteiger partial charge in [0.05, 0.1) is 10.4 Å². The van der Waals surface area contributed by atoms with Crippen LogP contribution in [-0.2, 0) is 0 Å². The van der Waals surface area contributed by atoms with Crippen molar-refractivity contribution in [1.82, 2.24) is 9.97 Å². The van der Waals surface area contributed by atoms with Gasteiger partial charge in [-0.05, 0) is 60.0 Å². The molecule has 5 heteroatoms. The fourth-order valence-electron chi connectivity index (χ4n) is 3.06. The van der Waals surface area contributed by atoms with Gasteiger partial charge in [-0.25, -0.2) is 9.97 Å². The van der Waals surface area contributed by atoms with Gasteiger partial charge in [-0.3, -0.25) is 0 Å². The summed E-state index contributed by atoms with van der Waals surface area (Å²) in [6, 6.07) is 29.7. The number of benzene rings is 3. The van der Waals surface area contributed by atoms with E-state index in [4.69, 9.17) is 14.7 Å². The zero-order valence-corrected chi connectivity index (χ0v) is 16.3. The summed E-state index contributed by atoms with van der Waals surface area (Å²) in [6.07, 6.45) is 0. The molecule has 5 rings (SSSR count). The van der Waals surface area contributed by atoms with Crippen LogP contribution in [0.5, 0.6) is 11.5 Å². The summed E-state index contributed by atoms with van der Waals surface area (Å²) in [7, 11) is 0. The standard InChI is InChI=1S/C24H17N3OS/c1-2-7-18(8-3-1)28-19-14-12-17(13-15-19)25-23-20-9-4-5-10-21(20)26-24(27-23)22-11-6-16-29-22/h1-16H,(H,25,26,27). The molecule has 0 aliphatic carbocycles. The molecule has 0 fully saturated rings. The van der Waals surface area contributed by atoms with Crippen LogP contribution >= 0.6 is 11.3 Å². The lowest BCUT2D eigenvalue weighted by molar-refractivity contribution is 0.483. The average molecular weight is 395 g/mol. The summed E-state index contributed by atoms with van der Waals surface area (Å²) in [5.41, 5.74) is 1.85. The van der Waals surface area contributed by atoms with Crippen molar-refractivity contribution in [3.05, 3.63) is 96.4 Å². The molecule has 0 aliphatic rings. The first-order chi connectivity index (χ1) is 14.3. The highest BCUT2D eigenvalue weighted by Gasteiger charge is 2.10. The summed E-state index contributed by atoms with van der Waals surface area (Å²) < 4.78 is 5.87. The molecule has 2 aromatic heterocycles. The Kier molecular flexibility index (Phi) is 4.64. The fraction of sp³-hybridized carbons (Fsp3) is 0. The van der Waals surface area contributed by atoms with Gasteiger partial charge in [0.15, 0.2) is 5.82 Å². The lowest BCUT2D eigenvalue weighted by Gasteiger charge is -2.11. The van der Waals surface area contributed by atoms with Crippen LogP contribution in [0.4, 0.5) is 11.5 Å². The number of nitrogens with zero attached hydrogens (tertiary/aromatic N) is 2. The highest BCUT2D eigenvalue weighted by Crippen LogP contribution is 2.30. The van der Waals surface area contributed by atoms with E-state index in [0.29, 0.717) is 0 Å². The van der Waals surface area contributed by atoms with Gasteiger partial charge in [-0.1, -0.05) is 36.4 Å². The van der Waals surface area contributed by atoms with Gasteiger partial charge in [-0.15, -0.1) is 11.3 Å². The Hall–Kier alpha value is -3.70. The highest BCUT2D eigenvalue weighted by molar-refractivity contribution is 7.13. The van der Waals surface area contributed by atoms with E-state index in [1.807, 2.05) is 96.4 Å². The third-order valence-corrected chi connectivity index (χ3v) is 5.31. The number of ether oxygens (including phenoxy) is 1. The second kappa shape index (κ2) is 7.73. The molecule has 1 N–H and O–H groups in total. The minimum atomic E-state index is 0.727. The first-order valence-corrected chi connectivity index (χ1v) is 10.1. The lowest BCUT2D eigenvalue weighted by Crippen LogP contribution is -1.98. The van der Waals surface area contributed by atoms with Crippen LogP contribution in [0.3, 0.4) is 0 Å². The van der Waals surface area contributed by atoms with Gasteiger partial charge < -0.3 is 10.1 Å². The number of rotatable bonds is 5. The number of aromatic nitrogens is 2. The SMILES string of the molecule is c1ccc(Oc2ccc(Nc3nc(-c4cccs4)nc4ccccc34)cc2)cc1. The van der Waals surface area contributed by atoms with Crippen LogP contribution in [0.15, 0.2) is 96.4 Å². The minimum absolute atomic E-state index is 0.727. The molecular formula is C24H17N3OS. The first kappa shape index (κ1) is 17.4. The van der Waals surface area contributed by atoms with Crippen molar-refractivity contribution in [2.45, 2.75) is 0 Å². The van der Waals surface area contributed by atoms with E-state index in [1.165, 1.54) is 0 Å². The summed E-state index contributed by atoms with van der Waals surface area (Å²) in [6.45, 7) is 0. The second-order valence-electron chi connectivity index (χ2n) is 6.45. The third-order valence-electron chi connectivity index (χ3n) is 4.44. The molecule has 3 aromatic carbocycles. The van der Waals surface area contributed by atoms with Crippen molar-refractivity contribution in [3.63, 3.8) is 0 Å². The second-order valence-corrected chi connectivity index (χ2v) is 7.40. The number of anilines is 2.